The van der Waals surface area contributed by atoms with Crippen LogP contribution in [0.3, 0.4) is 0 Å². The van der Waals surface area contributed by atoms with Crippen LogP contribution in [0, 0.1) is 11.6 Å². The summed E-state index contributed by atoms with van der Waals surface area (Å²) in [5.41, 5.74) is -0.549. The second-order valence-corrected chi connectivity index (χ2v) is 3.76. The van der Waals surface area contributed by atoms with E-state index >= 15 is 0 Å². The van der Waals surface area contributed by atoms with Crippen molar-refractivity contribution in [2.24, 2.45) is 0 Å². The summed E-state index contributed by atoms with van der Waals surface area (Å²) in [6.45, 7) is 1.95. The zero-order valence-electron chi connectivity index (χ0n) is 11.1. The minimum atomic E-state index is -1.08. The van der Waals surface area contributed by atoms with Crippen LogP contribution in [-0.4, -0.2) is 25.7 Å². The van der Waals surface area contributed by atoms with E-state index < -0.39 is 29.1 Å². The maximum Gasteiger partial charge on any atom is 0.343 e. The Labute approximate surface area is 115 Å². The molecule has 0 aromatic heterocycles. The zero-order chi connectivity index (χ0) is 15.1. The molecule has 0 heterocycles. The maximum atomic E-state index is 13.6. The molecule has 0 aliphatic carbocycles. The molecule has 0 radical (unpaired) electrons. The monoisotopic (exact) mass is 284 g/mol. The largest absolute Gasteiger partial charge is 0.466 e. The van der Waals surface area contributed by atoms with Gasteiger partial charge in [0, 0.05) is 0 Å². The third-order valence-electron chi connectivity index (χ3n) is 2.35. The van der Waals surface area contributed by atoms with Crippen molar-refractivity contribution in [3.8, 4) is 0 Å². The lowest BCUT2D eigenvalue weighted by Crippen LogP contribution is -2.08. The number of ether oxygens (including phenoxy) is 2. The Morgan fingerprint density at radius 2 is 1.85 bits per heavy atom. The van der Waals surface area contributed by atoms with Gasteiger partial charge in [0.25, 0.3) is 0 Å². The summed E-state index contributed by atoms with van der Waals surface area (Å²) >= 11 is 0. The van der Waals surface area contributed by atoms with Crippen LogP contribution in [0.5, 0.6) is 0 Å². The number of rotatable bonds is 5. The topological polar surface area (TPSA) is 52.6 Å². The molecule has 0 saturated heterocycles. The van der Waals surface area contributed by atoms with Gasteiger partial charge in [0.05, 0.1) is 20.1 Å². The van der Waals surface area contributed by atoms with Crippen molar-refractivity contribution >= 4 is 18.0 Å². The molecule has 0 fully saturated rings. The molecular formula is C14H14F2O4. The van der Waals surface area contributed by atoms with Crippen LogP contribution >= 0.6 is 0 Å². The van der Waals surface area contributed by atoms with Crippen LogP contribution in [0.4, 0.5) is 8.78 Å². The van der Waals surface area contributed by atoms with Crippen molar-refractivity contribution in [2.75, 3.05) is 13.7 Å². The van der Waals surface area contributed by atoms with Crippen LogP contribution in [0.25, 0.3) is 6.08 Å². The Kier molecular flexibility index (Phi) is 5.83. The molecule has 1 aromatic carbocycles. The Morgan fingerprint density at radius 3 is 2.35 bits per heavy atom. The fraction of sp³-hybridized carbons (Fsp3) is 0.286. The Hall–Kier alpha value is -2.24. The van der Waals surface area contributed by atoms with Crippen molar-refractivity contribution in [1.82, 2.24) is 0 Å². The van der Waals surface area contributed by atoms with Gasteiger partial charge in [-0.05, 0) is 24.6 Å². The molecule has 4 nitrogen and oxygen atoms in total. The van der Waals surface area contributed by atoms with Gasteiger partial charge in [0.2, 0.25) is 0 Å². The second-order valence-electron chi connectivity index (χ2n) is 3.76. The third-order valence-corrected chi connectivity index (χ3v) is 2.35. The number of benzene rings is 1. The molecule has 1 aromatic rings. The Bertz CT molecular complexity index is 515. The predicted molar refractivity (Wildman–Crippen MR) is 68.0 cm³/mol. The molecule has 0 aliphatic heterocycles. The average Bonchev–Trinajstić information content (AvgIpc) is 2.38. The van der Waals surface area contributed by atoms with Gasteiger partial charge in [0.15, 0.2) is 0 Å². The molecular weight excluding hydrogens is 270 g/mol. The highest BCUT2D eigenvalue weighted by Crippen LogP contribution is 2.17. The van der Waals surface area contributed by atoms with E-state index in [1.807, 2.05) is 0 Å². The molecule has 1 rings (SSSR count). The van der Waals surface area contributed by atoms with Gasteiger partial charge in [-0.25, -0.2) is 13.6 Å². The van der Waals surface area contributed by atoms with Gasteiger partial charge in [-0.2, -0.15) is 0 Å². The highest BCUT2D eigenvalue weighted by molar-refractivity contribution is 5.90. The SMILES string of the molecule is CCOC(=O)CC=Cc1cc(F)c(C(=O)OC)c(F)c1. The van der Waals surface area contributed by atoms with Crippen molar-refractivity contribution in [1.29, 1.82) is 0 Å². The molecule has 0 atom stereocenters. The van der Waals surface area contributed by atoms with Crippen LogP contribution in [0.1, 0.15) is 29.3 Å². The lowest BCUT2D eigenvalue weighted by atomic mass is 10.1. The van der Waals surface area contributed by atoms with Crippen molar-refractivity contribution < 1.29 is 27.8 Å². The summed E-state index contributed by atoms with van der Waals surface area (Å²) in [4.78, 5) is 22.2. The first kappa shape index (κ1) is 15.8. The number of carbonyl (C=O) groups excluding carboxylic acids is 2. The number of hydrogen-bond acceptors (Lipinski definition) is 4. The normalized spacial score (nSPS) is 10.6. The van der Waals surface area contributed by atoms with E-state index in [1.54, 1.807) is 6.92 Å². The van der Waals surface area contributed by atoms with Crippen molar-refractivity contribution in [2.45, 2.75) is 13.3 Å². The predicted octanol–water partition coefficient (Wildman–Crippen LogP) is 2.72. The minimum absolute atomic E-state index is 0.00414. The van der Waals surface area contributed by atoms with Crippen LogP contribution in [0.2, 0.25) is 0 Å². The minimum Gasteiger partial charge on any atom is -0.466 e. The number of hydrogen-bond donors (Lipinski definition) is 0. The van der Waals surface area contributed by atoms with Crippen LogP contribution in [0.15, 0.2) is 18.2 Å². The number of carbonyl (C=O) groups is 2. The van der Waals surface area contributed by atoms with Gasteiger partial charge in [-0.15, -0.1) is 0 Å². The van der Waals surface area contributed by atoms with Gasteiger partial charge < -0.3 is 9.47 Å². The van der Waals surface area contributed by atoms with E-state index in [0.717, 1.165) is 19.2 Å². The molecule has 20 heavy (non-hydrogen) atoms. The second kappa shape index (κ2) is 7.37. The Balaban J connectivity index is 2.86. The highest BCUT2D eigenvalue weighted by atomic mass is 19.1. The van der Waals surface area contributed by atoms with Crippen molar-refractivity contribution in [3.63, 3.8) is 0 Å². The lowest BCUT2D eigenvalue weighted by Gasteiger charge is -2.04. The quantitative estimate of drug-likeness (QED) is 0.780. The summed E-state index contributed by atoms with van der Waals surface area (Å²) in [5, 5.41) is 0. The summed E-state index contributed by atoms with van der Waals surface area (Å²) in [7, 11) is 1.04. The fourth-order valence-corrected chi connectivity index (χ4v) is 1.50. The first-order chi connectivity index (χ1) is 9.49. The zero-order valence-corrected chi connectivity index (χ0v) is 11.1. The van der Waals surface area contributed by atoms with E-state index in [-0.39, 0.29) is 18.6 Å². The van der Waals surface area contributed by atoms with Gasteiger partial charge in [-0.1, -0.05) is 12.2 Å². The summed E-state index contributed by atoms with van der Waals surface area (Å²) in [6.07, 6.45) is 2.78. The maximum absolute atomic E-state index is 13.6. The van der Waals surface area contributed by atoms with E-state index in [4.69, 9.17) is 4.74 Å². The van der Waals surface area contributed by atoms with Gasteiger partial charge in [0.1, 0.15) is 17.2 Å². The Morgan fingerprint density at radius 1 is 1.25 bits per heavy atom. The molecule has 6 heteroatoms. The van der Waals surface area contributed by atoms with Crippen LogP contribution < -0.4 is 0 Å². The summed E-state index contributed by atoms with van der Waals surface area (Å²) < 4.78 is 36.1. The molecule has 0 N–H and O–H groups in total. The van der Waals surface area contributed by atoms with E-state index in [2.05, 4.69) is 4.74 Å². The summed E-state index contributed by atoms with van der Waals surface area (Å²) in [6, 6.07) is 1.97. The number of esters is 2. The standard InChI is InChI=1S/C14H14F2O4/c1-3-20-12(17)6-4-5-9-7-10(15)13(11(16)8-9)14(18)19-2/h4-5,7-8H,3,6H2,1-2H3. The number of methoxy groups -OCH3 is 1. The molecule has 0 bridgehead atoms. The van der Waals surface area contributed by atoms with Gasteiger partial charge >= 0.3 is 11.9 Å². The van der Waals surface area contributed by atoms with E-state index in [9.17, 15) is 18.4 Å². The van der Waals surface area contributed by atoms with Gasteiger partial charge in [-0.3, -0.25) is 4.79 Å². The molecule has 0 aliphatic rings. The first-order valence-corrected chi connectivity index (χ1v) is 5.89. The average molecular weight is 284 g/mol. The van der Waals surface area contributed by atoms with Crippen molar-refractivity contribution in [3.05, 3.63) is 41.0 Å². The lowest BCUT2D eigenvalue weighted by molar-refractivity contribution is -0.142. The molecule has 0 spiro atoms. The first-order valence-electron chi connectivity index (χ1n) is 5.89. The van der Waals surface area contributed by atoms with Crippen LogP contribution in [-0.2, 0) is 14.3 Å². The molecule has 0 unspecified atom stereocenters. The highest BCUT2D eigenvalue weighted by Gasteiger charge is 2.18. The molecule has 0 amide bonds. The fourth-order valence-electron chi connectivity index (χ4n) is 1.50. The van der Waals surface area contributed by atoms with E-state index in [1.165, 1.54) is 12.2 Å². The third kappa shape index (κ3) is 4.15. The molecule has 0 saturated carbocycles. The van der Waals surface area contributed by atoms with E-state index in [0.29, 0.717) is 0 Å². The smallest absolute Gasteiger partial charge is 0.343 e. The molecule has 108 valence electrons. The number of halogens is 2. The summed E-state index contributed by atoms with van der Waals surface area (Å²) in [5.74, 6) is -3.56.